The van der Waals surface area contributed by atoms with Crippen LogP contribution in [-0.2, 0) is 6.42 Å². The Hall–Kier alpha value is -1.52. The zero-order valence-electron chi connectivity index (χ0n) is 9.71. The monoisotopic (exact) mass is 286 g/mol. The summed E-state index contributed by atoms with van der Waals surface area (Å²) in [7, 11) is 0. The number of rotatable bonds is 3. The van der Waals surface area contributed by atoms with Gasteiger partial charge >= 0.3 is 0 Å². The van der Waals surface area contributed by atoms with Gasteiger partial charge in [-0.3, -0.25) is 0 Å². The summed E-state index contributed by atoms with van der Waals surface area (Å²) in [6.45, 7) is 0. The number of hydrogen-bond donors (Lipinski definition) is 1. The third kappa shape index (κ3) is 3.08. The minimum atomic E-state index is -1.30. The minimum Gasteiger partial charge on any atom is -0.388 e. The van der Waals surface area contributed by atoms with Gasteiger partial charge in [-0.25, -0.2) is 13.2 Å². The van der Waals surface area contributed by atoms with Crippen molar-refractivity contribution in [2.24, 2.45) is 0 Å². The molecular weight excluding hydrogens is 277 g/mol. The maximum absolute atomic E-state index is 13.5. The molecule has 0 amide bonds. The van der Waals surface area contributed by atoms with Gasteiger partial charge in [-0.05, 0) is 29.8 Å². The highest BCUT2D eigenvalue weighted by atomic mass is 35.5. The molecule has 2 aromatic rings. The maximum Gasteiger partial charge on any atom is 0.142 e. The maximum atomic E-state index is 13.5. The molecule has 1 nitrogen and oxygen atoms in total. The molecule has 1 atom stereocenters. The van der Waals surface area contributed by atoms with Crippen LogP contribution in [0.1, 0.15) is 17.2 Å². The first-order valence-electron chi connectivity index (χ1n) is 5.55. The molecular formula is C14H10ClF3O. The fourth-order valence-corrected chi connectivity index (χ4v) is 2.00. The molecule has 1 N–H and O–H groups in total. The molecule has 0 aliphatic carbocycles. The second-order valence-electron chi connectivity index (χ2n) is 4.10. The van der Waals surface area contributed by atoms with Gasteiger partial charge in [0, 0.05) is 12.0 Å². The van der Waals surface area contributed by atoms with Gasteiger partial charge in [0.1, 0.15) is 17.5 Å². The topological polar surface area (TPSA) is 20.2 Å². The molecule has 0 saturated carbocycles. The molecule has 0 aromatic heterocycles. The largest absolute Gasteiger partial charge is 0.388 e. The van der Waals surface area contributed by atoms with Crippen LogP contribution in [-0.4, -0.2) is 5.11 Å². The molecule has 0 heterocycles. The highest BCUT2D eigenvalue weighted by molar-refractivity contribution is 6.31. The summed E-state index contributed by atoms with van der Waals surface area (Å²) in [4.78, 5) is 0. The SMILES string of the molecule is OC(Cc1cccc(F)c1Cl)c1cc(F)ccc1F. The van der Waals surface area contributed by atoms with Crippen LogP contribution < -0.4 is 0 Å². The van der Waals surface area contributed by atoms with Crippen molar-refractivity contribution in [3.8, 4) is 0 Å². The number of halogens is 4. The van der Waals surface area contributed by atoms with E-state index >= 15 is 0 Å². The quantitative estimate of drug-likeness (QED) is 0.903. The number of hydrogen-bond acceptors (Lipinski definition) is 1. The number of benzene rings is 2. The Morgan fingerprint density at radius 1 is 1.05 bits per heavy atom. The van der Waals surface area contributed by atoms with Gasteiger partial charge in [0.05, 0.1) is 11.1 Å². The third-order valence-electron chi connectivity index (χ3n) is 2.76. The average molecular weight is 287 g/mol. The summed E-state index contributed by atoms with van der Waals surface area (Å²) >= 11 is 5.74. The molecule has 0 spiro atoms. The molecule has 0 fully saturated rings. The molecule has 0 aliphatic heterocycles. The molecule has 1 unspecified atom stereocenters. The van der Waals surface area contributed by atoms with E-state index in [1.54, 1.807) is 0 Å². The van der Waals surface area contributed by atoms with E-state index in [1.165, 1.54) is 18.2 Å². The average Bonchev–Trinajstić information content (AvgIpc) is 2.38. The fraction of sp³-hybridized carbons (Fsp3) is 0.143. The Morgan fingerprint density at radius 3 is 2.53 bits per heavy atom. The summed E-state index contributed by atoms with van der Waals surface area (Å²) in [5.41, 5.74) is 0.151. The summed E-state index contributed by atoms with van der Waals surface area (Å²) < 4.78 is 39.7. The zero-order valence-corrected chi connectivity index (χ0v) is 10.5. The van der Waals surface area contributed by atoms with Gasteiger partial charge in [0.25, 0.3) is 0 Å². The van der Waals surface area contributed by atoms with E-state index in [9.17, 15) is 18.3 Å². The summed E-state index contributed by atoms with van der Waals surface area (Å²) in [5.74, 6) is -1.99. The Labute approximate surface area is 113 Å². The smallest absolute Gasteiger partial charge is 0.142 e. The van der Waals surface area contributed by atoms with Crippen molar-refractivity contribution in [1.82, 2.24) is 0 Å². The first-order chi connectivity index (χ1) is 8.99. The van der Waals surface area contributed by atoms with Crippen molar-refractivity contribution in [3.63, 3.8) is 0 Å². The molecule has 2 rings (SSSR count). The first kappa shape index (κ1) is 13.9. The minimum absolute atomic E-state index is 0.100. The van der Waals surface area contributed by atoms with Crippen molar-refractivity contribution < 1.29 is 18.3 Å². The van der Waals surface area contributed by atoms with E-state index in [4.69, 9.17) is 11.6 Å². The van der Waals surface area contributed by atoms with E-state index in [-0.39, 0.29) is 17.0 Å². The molecule has 0 radical (unpaired) electrons. The standard InChI is InChI=1S/C14H10ClF3O/c15-14-8(2-1-3-12(14)18)6-13(19)10-7-9(16)4-5-11(10)17/h1-5,7,13,19H,6H2. The van der Waals surface area contributed by atoms with Crippen LogP contribution in [0.4, 0.5) is 13.2 Å². The first-order valence-corrected chi connectivity index (χ1v) is 5.92. The second-order valence-corrected chi connectivity index (χ2v) is 4.48. The fourth-order valence-electron chi connectivity index (χ4n) is 1.79. The van der Waals surface area contributed by atoms with Gasteiger partial charge in [0.15, 0.2) is 0 Å². The van der Waals surface area contributed by atoms with E-state index in [0.29, 0.717) is 5.56 Å². The van der Waals surface area contributed by atoms with Crippen molar-refractivity contribution >= 4 is 11.6 Å². The Morgan fingerprint density at radius 2 is 1.79 bits per heavy atom. The molecule has 2 aromatic carbocycles. The van der Waals surface area contributed by atoms with Crippen LogP contribution in [0.25, 0.3) is 0 Å². The predicted molar refractivity (Wildman–Crippen MR) is 66.4 cm³/mol. The lowest BCUT2D eigenvalue weighted by molar-refractivity contribution is 0.173. The van der Waals surface area contributed by atoms with Crippen LogP contribution in [0.2, 0.25) is 5.02 Å². The van der Waals surface area contributed by atoms with Gasteiger partial charge in [0.2, 0.25) is 0 Å². The van der Waals surface area contributed by atoms with E-state index < -0.39 is 23.6 Å². The Bertz CT molecular complexity index is 601. The van der Waals surface area contributed by atoms with Crippen molar-refractivity contribution in [1.29, 1.82) is 0 Å². The predicted octanol–water partition coefficient (Wildman–Crippen LogP) is 4.03. The second kappa shape index (κ2) is 5.63. The van der Waals surface area contributed by atoms with E-state index in [1.807, 2.05) is 0 Å². The lowest BCUT2D eigenvalue weighted by Gasteiger charge is -2.13. The molecule has 19 heavy (non-hydrogen) atoms. The van der Waals surface area contributed by atoms with Crippen molar-refractivity contribution in [2.45, 2.75) is 12.5 Å². The van der Waals surface area contributed by atoms with Crippen LogP contribution in [0.15, 0.2) is 36.4 Å². The lowest BCUT2D eigenvalue weighted by atomic mass is 10.0. The molecule has 0 aliphatic rings. The lowest BCUT2D eigenvalue weighted by Crippen LogP contribution is -2.06. The zero-order chi connectivity index (χ0) is 14.0. The normalized spacial score (nSPS) is 12.5. The van der Waals surface area contributed by atoms with Crippen LogP contribution >= 0.6 is 11.6 Å². The van der Waals surface area contributed by atoms with Crippen LogP contribution in [0.5, 0.6) is 0 Å². The molecule has 5 heteroatoms. The Kier molecular flexibility index (Phi) is 4.12. The van der Waals surface area contributed by atoms with Gasteiger partial charge in [-0.1, -0.05) is 23.7 Å². The highest BCUT2D eigenvalue weighted by Crippen LogP contribution is 2.27. The molecule has 0 bridgehead atoms. The number of aliphatic hydroxyl groups is 1. The van der Waals surface area contributed by atoms with Gasteiger partial charge in [-0.15, -0.1) is 0 Å². The third-order valence-corrected chi connectivity index (χ3v) is 3.19. The number of aliphatic hydroxyl groups excluding tert-OH is 1. The van der Waals surface area contributed by atoms with Gasteiger partial charge < -0.3 is 5.11 Å². The van der Waals surface area contributed by atoms with E-state index in [2.05, 4.69) is 0 Å². The van der Waals surface area contributed by atoms with Crippen molar-refractivity contribution in [3.05, 3.63) is 70.0 Å². The molecule has 0 saturated heterocycles. The van der Waals surface area contributed by atoms with Gasteiger partial charge in [-0.2, -0.15) is 0 Å². The highest BCUT2D eigenvalue weighted by Gasteiger charge is 2.17. The Balaban J connectivity index is 2.28. The van der Waals surface area contributed by atoms with Crippen LogP contribution in [0.3, 0.4) is 0 Å². The summed E-state index contributed by atoms with van der Waals surface area (Å²) in [6.07, 6.45) is -1.40. The molecule has 100 valence electrons. The summed E-state index contributed by atoms with van der Waals surface area (Å²) in [5, 5.41) is 9.78. The van der Waals surface area contributed by atoms with Crippen molar-refractivity contribution in [2.75, 3.05) is 0 Å². The van der Waals surface area contributed by atoms with Crippen LogP contribution in [0, 0.1) is 17.5 Å². The summed E-state index contributed by atoms with van der Waals surface area (Å²) in [6, 6.07) is 6.94. The van der Waals surface area contributed by atoms with E-state index in [0.717, 1.165) is 18.2 Å².